The number of carbonyl (C=O) groups excluding carboxylic acids is 1. The highest BCUT2D eigenvalue weighted by molar-refractivity contribution is 6.05. The molecule has 0 aliphatic heterocycles. The number of nitrogens with zero attached hydrogens (tertiary/aromatic N) is 3. The number of hydrogen-bond acceptors (Lipinski definition) is 4. The number of hydrogen-bond donors (Lipinski definition) is 2. The highest BCUT2D eigenvalue weighted by Crippen LogP contribution is 2.24. The van der Waals surface area contributed by atoms with Gasteiger partial charge in [-0.15, -0.1) is 0 Å². The van der Waals surface area contributed by atoms with Crippen molar-refractivity contribution in [1.82, 2.24) is 19.7 Å². The van der Waals surface area contributed by atoms with Gasteiger partial charge in [0.25, 0.3) is 12.3 Å². The van der Waals surface area contributed by atoms with E-state index in [0.29, 0.717) is 17.3 Å². The van der Waals surface area contributed by atoms with Gasteiger partial charge in [0, 0.05) is 30.9 Å². The van der Waals surface area contributed by atoms with Crippen molar-refractivity contribution in [2.24, 2.45) is 0 Å². The van der Waals surface area contributed by atoms with Gasteiger partial charge in [0.15, 0.2) is 0 Å². The molecule has 3 aromatic heterocycles. The van der Waals surface area contributed by atoms with E-state index in [1.807, 2.05) is 36.4 Å². The number of imidazole rings is 1. The van der Waals surface area contributed by atoms with Crippen molar-refractivity contribution in [2.75, 3.05) is 12.4 Å². The predicted molar refractivity (Wildman–Crippen MR) is 126 cm³/mol. The summed E-state index contributed by atoms with van der Waals surface area (Å²) in [7, 11) is 1.62. The van der Waals surface area contributed by atoms with Crippen LogP contribution in [0.3, 0.4) is 0 Å². The molecule has 2 N–H and O–H groups in total. The number of para-hydroxylation sites is 1. The quantitative estimate of drug-likeness (QED) is 0.423. The molecular formula is C25H27F2N5O. The minimum absolute atomic E-state index is 0.103. The normalized spacial score (nSPS) is 14.2. The van der Waals surface area contributed by atoms with Gasteiger partial charge in [-0.2, -0.15) is 0 Å². The molecule has 3 heterocycles. The lowest BCUT2D eigenvalue weighted by molar-refractivity contribution is 0.0964. The molecule has 1 aromatic carbocycles. The zero-order chi connectivity index (χ0) is 23.2. The first-order valence-electron chi connectivity index (χ1n) is 11.2. The number of pyridine rings is 2. The smallest absolute Gasteiger partial charge is 0.281 e. The number of amides is 1. The molecule has 0 atom stereocenters. The van der Waals surface area contributed by atoms with Crippen LogP contribution >= 0.6 is 0 Å². The minimum Gasteiger partial charge on any atom is -0.368 e. The van der Waals surface area contributed by atoms with Crippen molar-refractivity contribution >= 4 is 28.3 Å². The second-order valence-electron chi connectivity index (χ2n) is 8.04. The molecule has 0 saturated heterocycles. The monoisotopic (exact) mass is 451 g/mol. The third-order valence-corrected chi connectivity index (χ3v) is 5.80. The molecule has 0 radical (unpaired) electrons. The first-order chi connectivity index (χ1) is 16.1. The summed E-state index contributed by atoms with van der Waals surface area (Å²) in [4.78, 5) is 19.6. The Hall–Kier alpha value is -3.55. The molecule has 5 rings (SSSR count). The molecule has 0 bridgehead atoms. The average molecular weight is 452 g/mol. The molecule has 1 fully saturated rings. The molecule has 172 valence electrons. The molecule has 0 spiro atoms. The van der Waals surface area contributed by atoms with Crippen LogP contribution in [0.25, 0.3) is 16.6 Å². The van der Waals surface area contributed by atoms with Gasteiger partial charge in [-0.1, -0.05) is 43.5 Å². The van der Waals surface area contributed by atoms with Crippen LogP contribution in [-0.4, -0.2) is 33.4 Å². The lowest BCUT2D eigenvalue weighted by Crippen LogP contribution is -2.23. The fourth-order valence-electron chi connectivity index (χ4n) is 4.13. The van der Waals surface area contributed by atoms with Crippen LogP contribution in [0.4, 0.5) is 14.6 Å². The SMILES string of the molecule is CNC(=O)c1cccc2cccnc12.FC(F)c1cn2c(NC3CCCCC3)cccc2n1. The van der Waals surface area contributed by atoms with Gasteiger partial charge in [-0.25, -0.2) is 13.8 Å². The van der Waals surface area contributed by atoms with E-state index in [4.69, 9.17) is 0 Å². The molecule has 33 heavy (non-hydrogen) atoms. The van der Waals surface area contributed by atoms with Crippen molar-refractivity contribution in [2.45, 2.75) is 44.6 Å². The zero-order valence-corrected chi connectivity index (χ0v) is 18.5. The van der Waals surface area contributed by atoms with Gasteiger partial charge >= 0.3 is 0 Å². The largest absolute Gasteiger partial charge is 0.368 e. The molecular weight excluding hydrogens is 424 g/mol. The maximum atomic E-state index is 12.7. The Balaban J connectivity index is 0.000000165. The summed E-state index contributed by atoms with van der Waals surface area (Å²) >= 11 is 0. The Morgan fingerprint density at radius 2 is 1.82 bits per heavy atom. The van der Waals surface area contributed by atoms with Crippen molar-refractivity contribution in [3.8, 4) is 0 Å². The van der Waals surface area contributed by atoms with E-state index in [2.05, 4.69) is 20.6 Å². The van der Waals surface area contributed by atoms with Crippen molar-refractivity contribution in [1.29, 1.82) is 0 Å². The predicted octanol–water partition coefficient (Wildman–Crippen LogP) is 5.61. The maximum Gasteiger partial charge on any atom is 0.281 e. The van der Waals surface area contributed by atoms with Gasteiger partial charge in [-0.05, 0) is 37.1 Å². The number of fused-ring (bicyclic) bond motifs is 2. The summed E-state index contributed by atoms with van der Waals surface area (Å²) in [5.74, 6) is 0.748. The van der Waals surface area contributed by atoms with Gasteiger partial charge in [0.1, 0.15) is 17.2 Å². The Kier molecular flexibility index (Phi) is 7.12. The minimum atomic E-state index is -2.53. The Morgan fingerprint density at radius 1 is 1.06 bits per heavy atom. The van der Waals surface area contributed by atoms with E-state index < -0.39 is 6.43 Å². The molecule has 8 heteroatoms. The number of halogens is 2. The summed E-state index contributed by atoms with van der Waals surface area (Å²) in [5.41, 5.74) is 1.76. The van der Waals surface area contributed by atoms with Crippen LogP contribution in [-0.2, 0) is 0 Å². The number of rotatable bonds is 4. The molecule has 0 unspecified atom stereocenters. The van der Waals surface area contributed by atoms with Crippen molar-refractivity contribution in [3.05, 3.63) is 72.2 Å². The number of alkyl halides is 2. The summed E-state index contributed by atoms with van der Waals surface area (Å²) in [6.45, 7) is 0. The Morgan fingerprint density at radius 3 is 2.58 bits per heavy atom. The molecule has 1 amide bonds. The number of aromatic nitrogens is 3. The lowest BCUT2D eigenvalue weighted by atomic mass is 9.95. The molecule has 4 aromatic rings. The maximum absolute atomic E-state index is 12.7. The standard InChI is InChI=1S/C14H17F2N3.C11H10N2O/c15-14(16)11-9-19-12(7-4-8-13(19)18-11)17-10-5-2-1-3-6-10;1-12-11(14)9-6-2-4-8-5-3-7-13-10(8)9/h4,7-10,14,17H,1-3,5-6H2;2-7H,1H3,(H,12,14). The van der Waals surface area contributed by atoms with Crippen molar-refractivity contribution in [3.63, 3.8) is 0 Å². The van der Waals surface area contributed by atoms with Crippen LogP contribution in [0.2, 0.25) is 0 Å². The Labute approximate surface area is 191 Å². The van der Waals surface area contributed by atoms with E-state index in [1.54, 1.807) is 29.8 Å². The topological polar surface area (TPSA) is 71.3 Å². The highest BCUT2D eigenvalue weighted by atomic mass is 19.3. The number of benzene rings is 1. The van der Waals surface area contributed by atoms with Crippen molar-refractivity contribution < 1.29 is 13.6 Å². The van der Waals surface area contributed by atoms with Gasteiger partial charge in [0.05, 0.1) is 11.1 Å². The molecule has 1 saturated carbocycles. The van der Waals surface area contributed by atoms with Gasteiger partial charge < -0.3 is 10.6 Å². The lowest BCUT2D eigenvalue weighted by Gasteiger charge is -2.24. The van der Waals surface area contributed by atoms with Crippen LogP contribution in [0.5, 0.6) is 0 Å². The number of carbonyl (C=O) groups is 1. The van der Waals surface area contributed by atoms with E-state index >= 15 is 0 Å². The summed E-state index contributed by atoms with van der Waals surface area (Å²) in [6.07, 6.45) is 6.64. The van der Waals surface area contributed by atoms with Gasteiger partial charge in [0.2, 0.25) is 0 Å². The third-order valence-electron chi connectivity index (χ3n) is 5.80. The number of nitrogens with one attached hydrogen (secondary N) is 2. The van der Waals surface area contributed by atoms with Crippen LogP contribution < -0.4 is 10.6 Å². The molecule has 1 aliphatic carbocycles. The van der Waals surface area contributed by atoms with E-state index in [9.17, 15) is 13.6 Å². The fourth-order valence-corrected chi connectivity index (χ4v) is 4.13. The van der Waals surface area contributed by atoms with Crippen LogP contribution in [0.1, 0.15) is 54.6 Å². The van der Waals surface area contributed by atoms with E-state index in [0.717, 1.165) is 29.6 Å². The summed E-state index contributed by atoms with van der Waals surface area (Å²) in [5, 5.41) is 7.03. The fraction of sp³-hybridized carbons (Fsp3) is 0.320. The van der Waals surface area contributed by atoms with E-state index in [-0.39, 0.29) is 11.6 Å². The van der Waals surface area contributed by atoms with E-state index in [1.165, 1.54) is 25.5 Å². The Bertz CT molecular complexity index is 1230. The highest BCUT2D eigenvalue weighted by Gasteiger charge is 2.16. The summed E-state index contributed by atoms with van der Waals surface area (Å²) < 4.78 is 27.1. The summed E-state index contributed by atoms with van der Waals surface area (Å²) in [6, 6.07) is 15.3. The first-order valence-corrected chi connectivity index (χ1v) is 11.2. The van der Waals surface area contributed by atoms with Crippen LogP contribution in [0.15, 0.2) is 60.9 Å². The second-order valence-corrected chi connectivity index (χ2v) is 8.04. The first kappa shape index (κ1) is 22.6. The molecule has 1 aliphatic rings. The zero-order valence-electron chi connectivity index (χ0n) is 18.5. The second kappa shape index (κ2) is 10.4. The average Bonchev–Trinajstić information content (AvgIpc) is 3.30. The number of anilines is 1. The molecule has 6 nitrogen and oxygen atoms in total. The van der Waals surface area contributed by atoms with Gasteiger partial charge in [-0.3, -0.25) is 14.2 Å². The van der Waals surface area contributed by atoms with Crippen LogP contribution in [0, 0.1) is 0 Å². The third kappa shape index (κ3) is 5.27.